The van der Waals surface area contributed by atoms with Gasteiger partial charge in [-0.05, 0) is 13.0 Å². The zero-order chi connectivity index (χ0) is 16.3. The number of aromatic nitrogens is 4. The summed E-state index contributed by atoms with van der Waals surface area (Å²) < 4.78 is 38.8. The Hall–Kier alpha value is -2.65. The van der Waals surface area contributed by atoms with Crippen LogP contribution in [0.5, 0.6) is 0 Å². The van der Waals surface area contributed by atoms with E-state index in [1.807, 2.05) is 0 Å². The van der Waals surface area contributed by atoms with Crippen LogP contribution in [0.1, 0.15) is 21.9 Å². The summed E-state index contributed by atoms with van der Waals surface area (Å²) in [5.41, 5.74) is -0.736. The van der Waals surface area contributed by atoms with Gasteiger partial charge >= 0.3 is 12.1 Å². The first-order chi connectivity index (χ1) is 10.3. The Morgan fingerprint density at radius 3 is 2.59 bits per heavy atom. The van der Waals surface area contributed by atoms with Crippen LogP contribution in [0.3, 0.4) is 0 Å². The number of halogens is 3. The Bertz CT molecular complexity index is 666. The van der Waals surface area contributed by atoms with Gasteiger partial charge in [-0.1, -0.05) is 0 Å². The van der Waals surface area contributed by atoms with Crippen LogP contribution < -0.4 is 5.32 Å². The molecule has 10 heteroatoms. The third kappa shape index (κ3) is 3.71. The third-order valence-electron chi connectivity index (χ3n) is 2.77. The molecule has 0 aliphatic rings. The van der Waals surface area contributed by atoms with Crippen LogP contribution in [0.4, 0.5) is 19.0 Å². The fraction of sp³-hybridized carbons (Fsp3) is 0.333. The third-order valence-corrected chi connectivity index (χ3v) is 2.77. The molecule has 22 heavy (non-hydrogen) atoms. The predicted octanol–water partition coefficient (Wildman–Crippen LogP) is 1.81. The Morgan fingerprint density at radius 1 is 1.36 bits per heavy atom. The highest BCUT2D eigenvalue weighted by Crippen LogP contribution is 2.28. The van der Waals surface area contributed by atoms with Crippen LogP contribution in [0.2, 0.25) is 0 Å². The molecule has 0 bridgehead atoms. The van der Waals surface area contributed by atoms with Crippen molar-refractivity contribution < 1.29 is 23.1 Å². The molecule has 0 fully saturated rings. The lowest BCUT2D eigenvalue weighted by atomic mass is 10.3. The summed E-state index contributed by atoms with van der Waals surface area (Å²) in [7, 11) is 0. The van der Waals surface area contributed by atoms with E-state index in [9.17, 15) is 18.0 Å². The zero-order valence-electron chi connectivity index (χ0n) is 11.4. The van der Waals surface area contributed by atoms with Gasteiger partial charge in [-0.3, -0.25) is 4.68 Å². The lowest BCUT2D eigenvalue weighted by Crippen LogP contribution is -2.15. The second-order valence-corrected chi connectivity index (χ2v) is 4.41. The molecule has 2 heterocycles. The molecule has 0 unspecified atom stereocenters. The summed E-state index contributed by atoms with van der Waals surface area (Å²) in [5.74, 6) is -0.864. The summed E-state index contributed by atoms with van der Waals surface area (Å²) in [6, 6.07) is 0.974. The van der Waals surface area contributed by atoms with Gasteiger partial charge in [-0.15, -0.1) is 0 Å². The first-order valence-electron chi connectivity index (χ1n) is 6.18. The number of rotatable bonds is 5. The number of carboxylic acids is 1. The highest BCUT2D eigenvalue weighted by atomic mass is 19.4. The van der Waals surface area contributed by atoms with Crippen LogP contribution in [0.25, 0.3) is 0 Å². The molecule has 2 aromatic heterocycles. The smallest absolute Gasteiger partial charge is 0.435 e. The molecule has 0 aliphatic carbocycles. The molecule has 0 amide bonds. The van der Waals surface area contributed by atoms with Gasteiger partial charge in [0.25, 0.3) is 0 Å². The van der Waals surface area contributed by atoms with Crippen LogP contribution in [0, 0.1) is 6.92 Å². The Kier molecular flexibility index (Phi) is 4.29. The van der Waals surface area contributed by atoms with Crippen molar-refractivity contribution in [2.45, 2.75) is 19.6 Å². The van der Waals surface area contributed by atoms with Crippen molar-refractivity contribution in [3.63, 3.8) is 0 Å². The van der Waals surface area contributed by atoms with Gasteiger partial charge in [0.1, 0.15) is 5.82 Å². The monoisotopic (exact) mass is 315 g/mol. The van der Waals surface area contributed by atoms with Gasteiger partial charge in [0.05, 0.1) is 18.9 Å². The maximum atomic E-state index is 12.5. The van der Waals surface area contributed by atoms with Crippen molar-refractivity contribution in [2.24, 2.45) is 0 Å². The van der Waals surface area contributed by atoms with Gasteiger partial charge in [-0.25, -0.2) is 14.8 Å². The van der Waals surface area contributed by atoms with Gasteiger partial charge in [0.2, 0.25) is 0 Å². The van der Waals surface area contributed by atoms with Gasteiger partial charge in [0, 0.05) is 12.2 Å². The SMILES string of the molecule is Cc1cc(C(F)(F)F)nn1CCNc1cnc(C(=O)O)cn1. The minimum atomic E-state index is -4.47. The van der Waals surface area contributed by atoms with Crippen LogP contribution in [-0.2, 0) is 12.7 Å². The van der Waals surface area contributed by atoms with E-state index in [0.717, 1.165) is 12.3 Å². The van der Waals surface area contributed by atoms with E-state index in [0.29, 0.717) is 11.5 Å². The van der Waals surface area contributed by atoms with E-state index in [4.69, 9.17) is 5.11 Å². The van der Waals surface area contributed by atoms with E-state index in [2.05, 4.69) is 20.4 Å². The van der Waals surface area contributed by atoms with Crippen molar-refractivity contribution in [3.05, 3.63) is 35.5 Å². The Labute approximate surface area is 122 Å². The fourth-order valence-corrected chi connectivity index (χ4v) is 1.69. The quantitative estimate of drug-likeness (QED) is 0.874. The number of nitrogens with zero attached hydrogens (tertiary/aromatic N) is 4. The summed E-state index contributed by atoms with van der Waals surface area (Å²) in [6.07, 6.45) is -2.15. The van der Waals surface area contributed by atoms with Crippen LogP contribution in [-0.4, -0.2) is 37.4 Å². The van der Waals surface area contributed by atoms with E-state index < -0.39 is 17.8 Å². The molecule has 0 aromatic carbocycles. The molecule has 0 saturated heterocycles. The van der Waals surface area contributed by atoms with Crippen LogP contribution >= 0.6 is 0 Å². The standard InChI is InChI=1S/C12H12F3N5O2/c1-7-4-9(12(13,14)15)19-20(7)3-2-16-10-6-17-8(5-18-10)11(21)22/h4-6H,2-3H2,1H3,(H,16,18)(H,21,22). The van der Waals surface area contributed by atoms with E-state index >= 15 is 0 Å². The van der Waals surface area contributed by atoms with E-state index in [-0.39, 0.29) is 18.8 Å². The number of carboxylic acid groups (broad SMARTS) is 1. The van der Waals surface area contributed by atoms with Gasteiger partial charge in [-0.2, -0.15) is 18.3 Å². The van der Waals surface area contributed by atoms with Crippen molar-refractivity contribution in [3.8, 4) is 0 Å². The molecule has 0 spiro atoms. The maximum absolute atomic E-state index is 12.5. The lowest BCUT2D eigenvalue weighted by Gasteiger charge is -2.07. The molecule has 0 radical (unpaired) electrons. The average Bonchev–Trinajstić information content (AvgIpc) is 2.81. The Morgan fingerprint density at radius 2 is 2.09 bits per heavy atom. The number of aryl methyl sites for hydroxylation is 1. The average molecular weight is 315 g/mol. The Balaban J connectivity index is 1.94. The summed E-state index contributed by atoms with van der Waals surface area (Å²) in [6.45, 7) is 1.99. The summed E-state index contributed by atoms with van der Waals surface area (Å²) in [5, 5.41) is 15.0. The molecule has 2 aromatic rings. The lowest BCUT2D eigenvalue weighted by molar-refractivity contribution is -0.141. The number of nitrogens with one attached hydrogen (secondary N) is 1. The number of aromatic carboxylic acids is 1. The predicted molar refractivity (Wildman–Crippen MR) is 69.4 cm³/mol. The number of hydrogen-bond donors (Lipinski definition) is 2. The van der Waals surface area contributed by atoms with Gasteiger partial charge in [0.15, 0.2) is 11.4 Å². The van der Waals surface area contributed by atoms with E-state index in [1.165, 1.54) is 17.8 Å². The molecular formula is C12H12F3N5O2. The van der Waals surface area contributed by atoms with Crippen molar-refractivity contribution in [1.82, 2.24) is 19.7 Å². The highest BCUT2D eigenvalue weighted by molar-refractivity contribution is 5.84. The summed E-state index contributed by atoms with van der Waals surface area (Å²) >= 11 is 0. The molecule has 0 saturated carbocycles. The molecule has 7 nitrogen and oxygen atoms in total. The minimum Gasteiger partial charge on any atom is -0.476 e. The molecule has 2 N–H and O–H groups in total. The van der Waals surface area contributed by atoms with Crippen molar-refractivity contribution in [1.29, 1.82) is 0 Å². The number of hydrogen-bond acceptors (Lipinski definition) is 5. The fourth-order valence-electron chi connectivity index (χ4n) is 1.69. The largest absolute Gasteiger partial charge is 0.476 e. The number of anilines is 1. The highest BCUT2D eigenvalue weighted by Gasteiger charge is 2.34. The normalized spacial score (nSPS) is 11.5. The van der Waals surface area contributed by atoms with Crippen molar-refractivity contribution in [2.75, 3.05) is 11.9 Å². The first-order valence-corrected chi connectivity index (χ1v) is 6.18. The van der Waals surface area contributed by atoms with E-state index in [1.54, 1.807) is 0 Å². The molecular weight excluding hydrogens is 303 g/mol. The van der Waals surface area contributed by atoms with Crippen LogP contribution in [0.15, 0.2) is 18.5 Å². The minimum absolute atomic E-state index is 0.191. The molecule has 118 valence electrons. The van der Waals surface area contributed by atoms with Crippen molar-refractivity contribution >= 4 is 11.8 Å². The molecule has 0 atom stereocenters. The maximum Gasteiger partial charge on any atom is 0.435 e. The molecule has 2 rings (SSSR count). The molecule has 0 aliphatic heterocycles. The first kappa shape index (κ1) is 15.7. The number of alkyl halides is 3. The van der Waals surface area contributed by atoms with Gasteiger partial charge < -0.3 is 10.4 Å². The second kappa shape index (κ2) is 6.00. The second-order valence-electron chi connectivity index (χ2n) is 4.41. The summed E-state index contributed by atoms with van der Waals surface area (Å²) in [4.78, 5) is 18.1. The zero-order valence-corrected chi connectivity index (χ0v) is 11.4. The number of carbonyl (C=O) groups is 1. The topological polar surface area (TPSA) is 92.9 Å².